The fourth-order valence-corrected chi connectivity index (χ4v) is 3.45. The van der Waals surface area contributed by atoms with E-state index in [1.165, 1.54) is 0 Å². The fourth-order valence-electron chi connectivity index (χ4n) is 2.62. The van der Waals surface area contributed by atoms with Gasteiger partial charge in [-0.2, -0.15) is 0 Å². The quantitative estimate of drug-likeness (QED) is 0.624. The minimum atomic E-state index is 0.0654. The maximum absolute atomic E-state index is 13.0. The average molecular weight is 350 g/mol. The van der Waals surface area contributed by atoms with E-state index in [0.29, 0.717) is 18.9 Å². The highest BCUT2D eigenvalue weighted by Crippen LogP contribution is 2.22. The molecule has 25 heavy (non-hydrogen) atoms. The molecule has 0 saturated carbocycles. The molecule has 0 aliphatic carbocycles. The lowest BCUT2D eigenvalue weighted by atomic mass is 10.1. The van der Waals surface area contributed by atoms with Crippen LogP contribution in [-0.2, 0) is 17.8 Å². The molecule has 0 unspecified atom stereocenters. The maximum atomic E-state index is 13.0. The molecule has 128 valence electrons. The molecule has 0 spiro atoms. The maximum Gasteiger partial charge on any atom is 0.233 e. The van der Waals surface area contributed by atoms with E-state index < -0.39 is 0 Å². The van der Waals surface area contributed by atoms with Crippen molar-refractivity contribution < 1.29 is 4.79 Å². The van der Waals surface area contributed by atoms with Crippen LogP contribution in [-0.4, -0.2) is 10.9 Å². The Labute approximate surface area is 153 Å². The number of anilines is 1. The first-order chi connectivity index (χ1) is 12.1. The molecular weight excluding hydrogens is 328 g/mol. The number of carbonyl (C=O) groups is 1. The smallest absolute Gasteiger partial charge is 0.233 e. The molecule has 0 aliphatic heterocycles. The van der Waals surface area contributed by atoms with E-state index in [4.69, 9.17) is 0 Å². The zero-order valence-corrected chi connectivity index (χ0v) is 15.4. The molecule has 3 rings (SSSR count). The summed E-state index contributed by atoms with van der Waals surface area (Å²) in [5.74, 6) is 0.457. The van der Waals surface area contributed by atoms with Crippen LogP contribution in [0.4, 0.5) is 5.69 Å². The SMILES string of the molecule is CC(C)c1nc(CC(=O)N(Cc2ccccc2)c2ccccc2)cs1. The van der Waals surface area contributed by atoms with Gasteiger partial charge in [-0.05, 0) is 17.7 Å². The molecule has 0 bridgehead atoms. The number of nitrogens with zero attached hydrogens (tertiary/aromatic N) is 2. The van der Waals surface area contributed by atoms with E-state index in [0.717, 1.165) is 22.0 Å². The summed E-state index contributed by atoms with van der Waals surface area (Å²) >= 11 is 1.63. The van der Waals surface area contributed by atoms with E-state index >= 15 is 0 Å². The number of hydrogen-bond acceptors (Lipinski definition) is 3. The molecule has 0 atom stereocenters. The van der Waals surface area contributed by atoms with Crippen molar-refractivity contribution in [2.24, 2.45) is 0 Å². The number of thiazole rings is 1. The second kappa shape index (κ2) is 8.08. The van der Waals surface area contributed by atoms with E-state index in [-0.39, 0.29) is 5.91 Å². The van der Waals surface area contributed by atoms with E-state index in [9.17, 15) is 4.79 Å². The molecule has 2 aromatic carbocycles. The van der Waals surface area contributed by atoms with Crippen molar-refractivity contribution >= 4 is 22.9 Å². The molecule has 0 aliphatic rings. The van der Waals surface area contributed by atoms with Crippen LogP contribution >= 0.6 is 11.3 Å². The van der Waals surface area contributed by atoms with Gasteiger partial charge in [0.05, 0.1) is 23.7 Å². The number of carbonyl (C=O) groups excluding carboxylic acids is 1. The highest BCUT2D eigenvalue weighted by Gasteiger charge is 2.18. The van der Waals surface area contributed by atoms with Gasteiger partial charge < -0.3 is 4.90 Å². The average Bonchev–Trinajstić information content (AvgIpc) is 3.10. The number of benzene rings is 2. The summed E-state index contributed by atoms with van der Waals surface area (Å²) in [4.78, 5) is 19.4. The third-order valence-corrected chi connectivity index (χ3v) is 5.14. The van der Waals surface area contributed by atoms with Crippen LogP contribution in [0.25, 0.3) is 0 Å². The van der Waals surface area contributed by atoms with Gasteiger partial charge in [0.15, 0.2) is 0 Å². The van der Waals surface area contributed by atoms with Gasteiger partial charge in [0.2, 0.25) is 5.91 Å². The van der Waals surface area contributed by atoms with Crippen molar-refractivity contribution in [1.29, 1.82) is 0 Å². The number of para-hydroxylation sites is 1. The Morgan fingerprint density at radius 1 is 1.04 bits per heavy atom. The molecule has 3 aromatic rings. The van der Waals surface area contributed by atoms with E-state index in [2.05, 4.69) is 18.8 Å². The molecule has 1 aromatic heterocycles. The highest BCUT2D eigenvalue weighted by molar-refractivity contribution is 7.09. The Bertz CT molecular complexity index is 812. The molecule has 0 saturated heterocycles. The number of rotatable bonds is 6. The summed E-state index contributed by atoms with van der Waals surface area (Å²) in [5, 5.41) is 3.08. The van der Waals surface area contributed by atoms with Gasteiger partial charge in [0.1, 0.15) is 0 Å². The zero-order valence-electron chi connectivity index (χ0n) is 14.6. The highest BCUT2D eigenvalue weighted by atomic mass is 32.1. The fraction of sp³-hybridized carbons (Fsp3) is 0.238. The molecule has 0 N–H and O–H groups in total. The van der Waals surface area contributed by atoms with Crippen LogP contribution in [0, 0.1) is 0 Å². The minimum absolute atomic E-state index is 0.0654. The van der Waals surface area contributed by atoms with Crippen molar-refractivity contribution in [3.8, 4) is 0 Å². The van der Waals surface area contributed by atoms with Gasteiger partial charge in [-0.25, -0.2) is 4.98 Å². The second-order valence-electron chi connectivity index (χ2n) is 6.31. The van der Waals surface area contributed by atoms with Gasteiger partial charge in [-0.1, -0.05) is 62.4 Å². The summed E-state index contributed by atoms with van der Waals surface area (Å²) in [6.45, 7) is 4.80. The van der Waals surface area contributed by atoms with Crippen molar-refractivity contribution in [1.82, 2.24) is 4.98 Å². The van der Waals surface area contributed by atoms with Gasteiger partial charge >= 0.3 is 0 Å². The molecule has 4 heteroatoms. The lowest BCUT2D eigenvalue weighted by Gasteiger charge is -2.23. The number of aromatic nitrogens is 1. The third-order valence-electron chi connectivity index (χ3n) is 3.95. The van der Waals surface area contributed by atoms with Crippen LogP contribution < -0.4 is 4.90 Å². The molecular formula is C21H22N2OS. The first kappa shape index (κ1) is 17.4. The van der Waals surface area contributed by atoms with Crippen LogP contribution in [0.3, 0.4) is 0 Å². The van der Waals surface area contributed by atoms with Crippen LogP contribution in [0.1, 0.15) is 36.0 Å². The summed E-state index contributed by atoms with van der Waals surface area (Å²) in [6, 6.07) is 19.9. The van der Waals surface area contributed by atoms with Crippen LogP contribution in [0.5, 0.6) is 0 Å². The zero-order chi connectivity index (χ0) is 17.6. The Morgan fingerprint density at radius 2 is 1.68 bits per heavy atom. The molecule has 1 amide bonds. The third kappa shape index (κ3) is 4.54. The molecule has 0 fully saturated rings. The van der Waals surface area contributed by atoms with Gasteiger partial charge in [-0.15, -0.1) is 11.3 Å². The van der Waals surface area contributed by atoms with Crippen molar-refractivity contribution in [3.05, 3.63) is 82.3 Å². The monoisotopic (exact) mass is 350 g/mol. The summed E-state index contributed by atoms with van der Waals surface area (Å²) < 4.78 is 0. The summed E-state index contributed by atoms with van der Waals surface area (Å²) in [7, 11) is 0. The first-order valence-corrected chi connectivity index (χ1v) is 9.35. The normalized spacial score (nSPS) is 10.8. The van der Waals surface area contributed by atoms with Gasteiger partial charge in [0, 0.05) is 17.0 Å². The lowest BCUT2D eigenvalue weighted by molar-refractivity contribution is -0.118. The standard InChI is InChI=1S/C21H22N2OS/c1-16(2)21-22-18(15-25-21)13-20(24)23(19-11-7-4-8-12-19)14-17-9-5-3-6-10-17/h3-12,15-16H,13-14H2,1-2H3. The van der Waals surface area contributed by atoms with Crippen molar-refractivity contribution in [2.75, 3.05) is 4.90 Å². The lowest BCUT2D eigenvalue weighted by Crippen LogP contribution is -2.31. The first-order valence-electron chi connectivity index (χ1n) is 8.47. The molecule has 0 radical (unpaired) electrons. The Hall–Kier alpha value is -2.46. The molecule has 3 nitrogen and oxygen atoms in total. The number of amides is 1. The summed E-state index contributed by atoms with van der Waals surface area (Å²) in [5.41, 5.74) is 2.88. The van der Waals surface area contributed by atoms with E-state index in [1.807, 2.05) is 70.9 Å². The van der Waals surface area contributed by atoms with Crippen molar-refractivity contribution in [2.45, 2.75) is 32.7 Å². The van der Waals surface area contributed by atoms with Crippen LogP contribution in [0.2, 0.25) is 0 Å². The Morgan fingerprint density at radius 3 is 2.28 bits per heavy atom. The van der Waals surface area contributed by atoms with E-state index in [1.54, 1.807) is 11.3 Å². The Kier molecular flexibility index (Phi) is 5.61. The summed E-state index contributed by atoms with van der Waals surface area (Å²) in [6.07, 6.45) is 0.324. The Balaban J connectivity index is 1.81. The minimum Gasteiger partial charge on any atom is -0.308 e. The predicted molar refractivity (Wildman–Crippen MR) is 104 cm³/mol. The largest absolute Gasteiger partial charge is 0.308 e. The second-order valence-corrected chi connectivity index (χ2v) is 7.20. The van der Waals surface area contributed by atoms with Gasteiger partial charge in [-0.3, -0.25) is 4.79 Å². The molecule has 1 heterocycles. The predicted octanol–water partition coefficient (Wildman–Crippen LogP) is 5.04. The topological polar surface area (TPSA) is 33.2 Å². The van der Waals surface area contributed by atoms with Crippen LogP contribution in [0.15, 0.2) is 66.0 Å². The van der Waals surface area contributed by atoms with Crippen molar-refractivity contribution in [3.63, 3.8) is 0 Å². The van der Waals surface area contributed by atoms with Gasteiger partial charge in [0.25, 0.3) is 0 Å². The number of hydrogen-bond donors (Lipinski definition) is 0.